The summed E-state index contributed by atoms with van der Waals surface area (Å²) in [5.74, 6) is 0.0380. The summed E-state index contributed by atoms with van der Waals surface area (Å²) in [7, 11) is 0. The molecule has 1 aliphatic heterocycles. The first-order valence-electron chi connectivity index (χ1n) is 6.72. The van der Waals surface area contributed by atoms with Gasteiger partial charge in [0.2, 0.25) is 5.91 Å². The van der Waals surface area contributed by atoms with E-state index in [1.165, 1.54) is 5.56 Å². The highest BCUT2D eigenvalue weighted by Crippen LogP contribution is 2.27. The van der Waals surface area contributed by atoms with Gasteiger partial charge in [-0.1, -0.05) is 41.4 Å². The summed E-state index contributed by atoms with van der Waals surface area (Å²) in [6, 6.07) is 13.2. The minimum absolute atomic E-state index is 0.0380. The second-order valence-corrected chi connectivity index (χ2v) is 5.81. The molecule has 0 aromatic heterocycles. The van der Waals surface area contributed by atoms with E-state index in [1.54, 1.807) is 18.2 Å². The van der Waals surface area contributed by atoms with Crippen molar-refractivity contribution >= 4 is 40.5 Å². The molecule has 21 heavy (non-hydrogen) atoms. The van der Waals surface area contributed by atoms with E-state index in [0.717, 1.165) is 24.3 Å². The summed E-state index contributed by atoms with van der Waals surface area (Å²) in [6.45, 7) is 0.946. The van der Waals surface area contributed by atoms with E-state index in [1.807, 2.05) is 23.1 Å². The van der Waals surface area contributed by atoms with Crippen LogP contribution >= 0.6 is 23.2 Å². The molecule has 3 nitrogen and oxygen atoms in total. The molecule has 5 heteroatoms. The van der Waals surface area contributed by atoms with Gasteiger partial charge in [0.05, 0.1) is 6.54 Å². The maximum absolute atomic E-state index is 12.3. The Bertz CT molecular complexity index is 667. The molecule has 0 aliphatic carbocycles. The van der Waals surface area contributed by atoms with Crippen LogP contribution in [0.15, 0.2) is 42.5 Å². The SMILES string of the molecule is O=C(CNc1cc(Cl)cc(Cl)c1)N1CCc2ccccc21. The van der Waals surface area contributed by atoms with Crippen LogP contribution < -0.4 is 10.2 Å². The quantitative estimate of drug-likeness (QED) is 0.927. The highest BCUT2D eigenvalue weighted by Gasteiger charge is 2.23. The van der Waals surface area contributed by atoms with Crippen LogP contribution in [-0.2, 0) is 11.2 Å². The number of rotatable bonds is 3. The highest BCUT2D eigenvalue weighted by atomic mass is 35.5. The zero-order chi connectivity index (χ0) is 14.8. The van der Waals surface area contributed by atoms with E-state index in [4.69, 9.17) is 23.2 Å². The molecular formula is C16H14Cl2N2O. The van der Waals surface area contributed by atoms with Crippen LogP contribution in [0.5, 0.6) is 0 Å². The van der Waals surface area contributed by atoms with Gasteiger partial charge in [-0.2, -0.15) is 0 Å². The van der Waals surface area contributed by atoms with E-state index in [0.29, 0.717) is 10.0 Å². The number of benzene rings is 2. The number of fused-ring (bicyclic) bond motifs is 1. The number of anilines is 2. The summed E-state index contributed by atoms with van der Waals surface area (Å²) >= 11 is 11.9. The lowest BCUT2D eigenvalue weighted by atomic mass is 10.2. The molecule has 108 valence electrons. The van der Waals surface area contributed by atoms with Crippen LogP contribution in [-0.4, -0.2) is 19.0 Å². The molecule has 0 radical (unpaired) electrons. The highest BCUT2D eigenvalue weighted by molar-refractivity contribution is 6.35. The topological polar surface area (TPSA) is 32.3 Å². The average molecular weight is 321 g/mol. The minimum atomic E-state index is 0.0380. The minimum Gasteiger partial charge on any atom is -0.376 e. The molecule has 0 spiro atoms. The van der Waals surface area contributed by atoms with Crippen molar-refractivity contribution in [2.75, 3.05) is 23.3 Å². The van der Waals surface area contributed by atoms with Gasteiger partial charge in [-0.05, 0) is 36.2 Å². The zero-order valence-electron chi connectivity index (χ0n) is 11.3. The third-order valence-electron chi connectivity index (χ3n) is 3.49. The first-order valence-corrected chi connectivity index (χ1v) is 7.47. The molecule has 2 aromatic rings. The molecule has 2 aromatic carbocycles. The van der Waals surface area contributed by atoms with E-state index < -0.39 is 0 Å². The summed E-state index contributed by atoms with van der Waals surface area (Å²) in [5.41, 5.74) is 2.97. The van der Waals surface area contributed by atoms with Crippen LogP contribution in [0.3, 0.4) is 0 Å². The average Bonchev–Trinajstić information content (AvgIpc) is 2.88. The van der Waals surface area contributed by atoms with E-state index in [9.17, 15) is 4.79 Å². The molecule has 0 bridgehead atoms. The number of hydrogen-bond acceptors (Lipinski definition) is 2. The molecule has 3 rings (SSSR count). The monoisotopic (exact) mass is 320 g/mol. The maximum Gasteiger partial charge on any atom is 0.246 e. The lowest BCUT2D eigenvalue weighted by Gasteiger charge is -2.18. The Morgan fingerprint density at radius 1 is 1.14 bits per heavy atom. The second-order valence-electron chi connectivity index (χ2n) is 4.94. The third kappa shape index (κ3) is 3.14. The largest absolute Gasteiger partial charge is 0.376 e. The van der Waals surface area contributed by atoms with Crippen LogP contribution in [0.1, 0.15) is 5.56 Å². The van der Waals surface area contributed by atoms with E-state index in [2.05, 4.69) is 11.4 Å². The second kappa shape index (κ2) is 5.96. The van der Waals surface area contributed by atoms with Crippen LogP contribution in [0.4, 0.5) is 11.4 Å². The van der Waals surface area contributed by atoms with Crippen molar-refractivity contribution in [3.8, 4) is 0 Å². The van der Waals surface area contributed by atoms with E-state index in [-0.39, 0.29) is 12.5 Å². The Kier molecular flexibility index (Phi) is 4.04. The van der Waals surface area contributed by atoms with Crippen molar-refractivity contribution in [1.82, 2.24) is 0 Å². The fourth-order valence-corrected chi connectivity index (χ4v) is 3.05. The van der Waals surface area contributed by atoms with Crippen LogP contribution in [0.25, 0.3) is 0 Å². The number of hydrogen-bond donors (Lipinski definition) is 1. The molecule has 0 saturated heterocycles. The number of carbonyl (C=O) groups is 1. The summed E-state index contributed by atoms with van der Waals surface area (Å²) in [5, 5.41) is 4.16. The van der Waals surface area contributed by atoms with Gasteiger partial charge >= 0.3 is 0 Å². The number of nitrogens with one attached hydrogen (secondary N) is 1. The van der Waals surface area contributed by atoms with Crippen molar-refractivity contribution < 1.29 is 4.79 Å². The Balaban J connectivity index is 1.68. The predicted molar refractivity (Wildman–Crippen MR) is 87.5 cm³/mol. The number of halogens is 2. The first kappa shape index (κ1) is 14.2. The normalized spacial score (nSPS) is 13.1. The van der Waals surface area contributed by atoms with Gasteiger partial charge in [0.25, 0.3) is 0 Å². The number of nitrogens with zero attached hydrogens (tertiary/aromatic N) is 1. The zero-order valence-corrected chi connectivity index (χ0v) is 12.8. The molecule has 1 aliphatic rings. The van der Waals surface area contributed by atoms with Crippen molar-refractivity contribution in [3.05, 3.63) is 58.1 Å². The number of carbonyl (C=O) groups excluding carboxylic acids is 1. The van der Waals surface area contributed by atoms with Gasteiger partial charge < -0.3 is 10.2 Å². The Hall–Kier alpha value is -1.71. The lowest BCUT2D eigenvalue weighted by molar-refractivity contribution is -0.116. The molecule has 1 N–H and O–H groups in total. The summed E-state index contributed by atoms with van der Waals surface area (Å²) in [4.78, 5) is 14.2. The fourth-order valence-electron chi connectivity index (χ4n) is 2.53. The Morgan fingerprint density at radius 3 is 2.62 bits per heavy atom. The Morgan fingerprint density at radius 2 is 1.86 bits per heavy atom. The van der Waals surface area contributed by atoms with Gasteiger partial charge in [0.1, 0.15) is 0 Å². The van der Waals surface area contributed by atoms with Crippen molar-refractivity contribution in [3.63, 3.8) is 0 Å². The smallest absolute Gasteiger partial charge is 0.246 e. The third-order valence-corrected chi connectivity index (χ3v) is 3.93. The summed E-state index contributed by atoms with van der Waals surface area (Å²) < 4.78 is 0. The number of para-hydroxylation sites is 1. The van der Waals surface area contributed by atoms with Crippen molar-refractivity contribution in [2.24, 2.45) is 0 Å². The first-order chi connectivity index (χ1) is 10.1. The molecule has 0 unspecified atom stereocenters. The molecular weight excluding hydrogens is 307 g/mol. The van der Waals surface area contributed by atoms with E-state index >= 15 is 0 Å². The maximum atomic E-state index is 12.3. The molecule has 1 amide bonds. The standard InChI is InChI=1S/C16H14Cl2N2O/c17-12-7-13(18)9-14(8-12)19-10-16(21)20-6-5-11-3-1-2-4-15(11)20/h1-4,7-9,19H,5-6,10H2. The van der Waals surface area contributed by atoms with Gasteiger partial charge in [-0.3, -0.25) is 4.79 Å². The van der Waals surface area contributed by atoms with Gasteiger partial charge in [-0.25, -0.2) is 0 Å². The summed E-state index contributed by atoms with van der Waals surface area (Å²) in [6.07, 6.45) is 0.908. The van der Waals surface area contributed by atoms with Crippen molar-refractivity contribution in [2.45, 2.75) is 6.42 Å². The van der Waals surface area contributed by atoms with Crippen LogP contribution in [0, 0.1) is 0 Å². The lowest BCUT2D eigenvalue weighted by Crippen LogP contribution is -2.34. The van der Waals surface area contributed by atoms with Gasteiger partial charge in [-0.15, -0.1) is 0 Å². The van der Waals surface area contributed by atoms with Gasteiger partial charge in [0.15, 0.2) is 0 Å². The molecule has 0 atom stereocenters. The van der Waals surface area contributed by atoms with Crippen LogP contribution in [0.2, 0.25) is 10.0 Å². The Labute approximate surface area is 133 Å². The fraction of sp³-hybridized carbons (Fsp3) is 0.188. The van der Waals surface area contributed by atoms with Crippen molar-refractivity contribution in [1.29, 1.82) is 0 Å². The molecule has 1 heterocycles. The number of amides is 1. The molecule has 0 saturated carbocycles. The molecule has 0 fully saturated rings. The predicted octanol–water partition coefficient (Wildman–Crippen LogP) is 3.99. The van der Waals surface area contributed by atoms with Gasteiger partial charge in [0, 0.05) is 28.0 Å².